The lowest BCUT2D eigenvalue weighted by atomic mass is 10.1. The van der Waals surface area contributed by atoms with Crippen LogP contribution in [0.5, 0.6) is 0 Å². The van der Waals surface area contributed by atoms with Crippen LogP contribution in [0, 0.1) is 0 Å². The van der Waals surface area contributed by atoms with Gasteiger partial charge >= 0.3 is 0 Å². The molecule has 1 unspecified atom stereocenters. The number of ether oxygens (including phenoxy) is 1. The van der Waals surface area contributed by atoms with Gasteiger partial charge in [0.2, 0.25) is 5.91 Å². The van der Waals surface area contributed by atoms with E-state index < -0.39 is 0 Å². The van der Waals surface area contributed by atoms with Crippen LogP contribution in [-0.2, 0) is 16.0 Å². The Bertz CT molecular complexity index is 650. The molecule has 0 spiro atoms. The van der Waals surface area contributed by atoms with Gasteiger partial charge in [-0.15, -0.1) is 11.3 Å². The molecule has 3 rings (SSSR count). The smallest absolute Gasteiger partial charge is 0.226 e. The van der Waals surface area contributed by atoms with Gasteiger partial charge in [0.25, 0.3) is 0 Å². The highest BCUT2D eigenvalue weighted by Gasteiger charge is 2.16. The summed E-state index contributed by atoms with van der Waals surface area (Å²) in [6.07, 6.45) is 2.58. The van der Waals surface area contributed by atoms with Crippen molar-refractivity contribution in [1.82, 2.24) is 10.3 Å². The van der Waals surface area contributed by atoms with Gasteiger partial charge in [-0.25, -0.2) is 4.98 Å². The van der Waals surface area contributed by atoms with Crippen LogP contribution < -0.4 is 11.1 Å². The molecule has 116 valence electrons. The molecule has 1 saturated heterocycles. The molecule has 2 heterocycles. The third-order valence-electron chi connectivity index (χ3n) is 3.60. The summed E-state index contributed by atoms with van der Waals surface area (Å²) in [7, 11) is 0. The van der Waals surface area contributed by atoms with Crippen molar-refractivity contribution in [3.8, 4) is 11.3 Å². The van der Waals surface area contributed by atoms with Crippen molar-refractivity contribution in [3.63, 3.8) is 0 Å². The number of thiazole rings is 1. The zero-order valence-electron chi connectivity index (χ0n) is 12.2. The van der Waals surface area contributed by atoms with Crippen LogP contribution in [0.25, 0.3) is 11.3 Å². The molecule has 1 aromatic heterocycles. The number of carbonyl (C=O) groups excluding carboxylic acids is 1. The molecule has 0 saturated carbocycles. The van der Waals surface area contributed by atoms with Crippen LogP contribution in [0.15, 0.2) is 29.6 Å². The van der Waals surface area contributed by atoms with Crippen LogP contribution in [0.2, 0.25) is 0 Å². The Labute approximate surface area is 133 Å². The summed E-state index contributed by atoms with van der Waals surface area (Å²) in [4.78, 5) is 16.5. The zero-order valence-corrected chi connectivity index (χ0v) is 13.1. The first kappa shape index (κ1) is 15.0. The Hall–Kier alpha value is -1.92. The van der Waals surface area contributed by atoms with Crippen molar-refractivity contribution in [2.75, 3.05) is 18.9 Å². The summed E-state index contributed by atoms with van der Waals surface area (Å²) in [5.74, 6) is -0.0102. The largest absolute Gasteiger partial charge is 0.399 e. The number of rotatable bonds is 5. The number of amides is 1. The third kappa shape index (κ3) is 3.84. The van der Waals surface area contributed by atoms with E-state index in [-0.39, 0.29) is 12.0 Å². The fraction of sp³-hybridized carbons (Fsp3) is 0.375. The topological polar surface area (TPSA) is 77.2 Å². The number of nitrogens with one attached hydrogen (secondary N) is 1. The molecule has 1 fully saturated rings. The molecular formula is C16H19N3O2S. The van der Waals surface area contributed by atoms with Crippen molar-refractivity contribution in [1.29, 1.82) is 0 Å². The van der Waals surface area contributed by atoms with Gasteiger partial charge in [-0.1, -0.05) is 12.1 Å². The maximum Gasteiger partial charge on any atom is 0.226 e. The Balaban J connectivity index is 1.55. The second-order valence-electron chi connectivity index (χ2n) is 5.37. The second-order valence-corrected chi connectivity index (χ2v) is 6.31. The van der Waals surface area contributed by atoms with E-state index in [1.807, 2.05) is 29.6 Å². The van der Waals surface area contributed by atoms with Crippen molar-refractivity contribution in [3.05, 3.63) is 34.7 Å². The highest BCUT2D eigenvalue weighted by molar-refractivity contribution is 7.10. The minimum Gasteiger partial charge on any atom is -0.399 e. The standard InChI is InChI=1S/C16H19N3O2S/c17-12-4-1-3-11(7-12)14-10-22-16(19-14)8-15(20)18-9-13-5-2-6-21-13/h1,3-4,7,10,13H,2,5-6,8-9,17H2,(H,18,20). The minimum absolute atomic E-state index is 0.0102. The number of hydrogen-bond donors (Lipinski definition) is 2. The Morgan fingerprint density at radius 2 is 2.41 bits per heavy atom. The Kier molecular flexibility index (Phi) is 4.70. The number of nitrogen functional groups attached to an aromatic ring is 1. The molecule has 0 bridgehead atoms. The quantitative estimate of drug-likeness (QED) is 0.829. The number of hydrogen-bond acceptors (Lipinski definition) is 5. The maximum absolute atomic E-state index is 11.9. The van der Waals surface area contributed by atoms with Gasteiger partial charge in [0.1, 0.15) is 5.01 Å². The average Bonchev–Trinajstić information content (AvgIpc) is 3.16. The van der Waals surface area contributed by atoms with Crippen LogP contribution >= 0.6 is 11.3 Å². The monoisotopic (exact) mass is 317 g/mol. The van der Waals surface area contributed by atoms with Crippen LogP contribution in [-0.4, -0.2) is 30.1 Å². The van der Waals surface area contributed by atoms with E-state index in [1.54, 1.807) is 0 Å². The van der Waals surface area contributed by atoms with Crippen molar-refractivity contribution in [2.24, 2.45) is 0 Å². The Morgan fingerprint density at radius 3 is 3.18 bits per heavy atom. The lowest BCUT2D eigenvalue weighted by Gasteiger charge is -2.09. The SMILES string of the molecule is Nc1cccc(-c2csc(CC(=O)NCC3CCCO3)n2)c1. The summed E-state index contributed by atoms with van der Waals surface area (Å²) in [5.41, 5.74) is 8.33. The maximum atomic E-state index is 11.9. The van der Waals surface area contributed by atoms with Gasteiger partial charge in [-0.2, -0.15) is 0 Å². The summed E-state index contributed by atoms with van der Waals surface area (Å²) in [6.45, 7) is 1.39. The molecule has 6 heteroatoms. The van der Waals surface area contributed by atoms with Crippen molar-refractivity contribution < 1.29 is 9.53 Å². The molecule has 1 aliphatic rings. The summed E-state index contributed by atoms with van der Waals surface area (Å²) in [5, 5.41) is 5.68. The highest BCUT2D eigenvalue weighted by Crippen LogP contribution is 2.23. The first-order valence-corrected chi connectivity index (χ1v) is 8.27. The summed E-state index contributed by atoms with van der Waals surface area (Å²) >= 11 is 1.49. The molecular weight excluding hydrogens is 298 g/mol. The van der Waals surface area contributed by atoms with E-state index in [4.69, 9.17) is 10.5 Å². The predicted molar refractivity (Wildman–Crippen MR) is 87.7 cm³/mol. The first-order chi connectivity index (χ1) is 10.7. The average molecular weight is 317 g/mol. The molecule has 1 atom stereocenters. The van der Waals surface area contributed by atoms with E-state index in [2.05, 4.69) is 10.3 Å². The molecule has 3 N–H and O–H groups in total. The number of benzene rings is 1. The van der Waals surface area contributed by atoms with Crippen LogP contribution in [0.4, 0.5) is 5.69 Å². The normalized spacial score (nSPS) is 17.5. The number of anilines is 1. The van der Waals surface area contributed by atoms with E-state index in [9.17, 15) is 4.79 Å². The Morgan fingerprint density at radius 1 is 1.50 bits per heavy atom. The zero-order chi connectivity index (χ0) is 15.4. The molecule has 22 heavy (non-hydrogen) atoms. The van der Waals surface area contributed by atoms with E-state index in [0.717, 1.165) is 35.7 Å². The molecule has 0 aliphatic carbocycles. The minimum atomic E-state index is -0.0102. The fourth-order valence-corrected chi connectivity index (χ4v) is 3.26. The van der Waals surface area contributed by atoms with Gasteiger partial charge in [0.05, 0.1) is 18.2 Å². The number of nitrogens with zero attached hydrogens (tertiary/aromatic N) is 1. The van der Waals surface area contributed by atoms with Gasteiger partial charge in [-0.05, 0) is 25.0 Å². The lowest BCUT2D eigenvalue weighted by molar-refractivity contribution is -0.120. The summed E-state index contributed by atoms with van der Waals surface area (Å²) in [6, 6.07) is 7.59. The van der Waals surface area contributed by atoms with Crippen molar-refractivity contribution >= 4 is 22.9 Å². The molecule has 1 aliphatic heterocycles. The molecule has 1 aromatic carbocycles. The van der Waals surface area contributed by atoms with E-state index in [1.165, 1.54) is 11.3 Å². The fourth-order valence-electron chi connectivity index (χ4n) is 2.46. The predicted octanol–water partition coefficient (Wildman–Crippen LogP) is 2.23. The van der Waals surface area contributed by atoms with Crippen LogP contribution in [0.1, 0.15) is 17.8 Å². The summed E-state index contributed by atoms with van der Waals surface area (Å²) < 4.78 is 5.49. The third-order valence-corrected chi connectivity index (χ3v) is 4.45. The molecule has 1 amide bonds. The second kappa shape index (κ2) is 6.89. The molecule has 0 radical (unpaired) electrons. The van der Waals surface area contributed by atoms with Crippen molar-refractivity contribution in [2.45, 2.75) is 25.4 Å². The van der Waals surface area contributed by atoms with Gasteiger partial charge < -0.3 is 15.8 Å². The van der Waals surface area contributed by atoms with Gasteiger partial charge in [-0.3, -0.25) is 4.79 Å². The lowest BCUT2D eigenvalue weighted by Crippen LogP contribution is -2.32. The van der Waals surface area contributed by atoms with Crippen LogP contribution in [0.3, 0.4) is 0 Å². The number of carbonyl (C=O) groups is 1. The first-order valence-electron chi connectivity index (χ1n) is 7.39. The highest BCUT2D eigenvalue weighted by atomic mass is 32.1. The van der Waals surface area contributed by atoms with Gasteiger partial charge in [0, 0.05) is 29.8 Å². The van der Waals surface area contributed by atoms with Gasteiger partial charge in [0.15, 0.2) is 0 Å². The molecule has 2 aromatic rings. The van der Waals surface area contributed by atoms with E-state index in [0.29, 0.717) is 18.7 Å². The van der Waals surface area contributed by atoms with E-state index >= 15 is 0 Å². The molecule has 5 nitrogen and oxygen atoms in total. The number of nitrogens with two attached hydrogens (primary N) is 1. The number of aromatic nitrogens is 1.